The number of carbonyl (C=O) groups is 12. The van der Waals surface area contributed by atoms with E-state index in [1.807, 2.05) is 26.1 Å². The lowest BCUT2D eigenvalue weighted by atomic mass is 9.86. The lowest BCUT2D eigenvalue weighted by Crippen LogP contribution is -2.65. The van der Waals surface area contributed by atoms with Crippen LogP contribution in [0, 0.1) is 34.0 Å². The fraction of sp³-hybridized carbons (Fsp3) is 0.683. The molecule has 92 heavy (non-hydrogen) atoms. The van der Waals surface area contributed by atoms with Crippen LogP contribution in [-0.4, -0.2) is 196 Å². The van der Waals surface area contributed by atoms with Gasteiger partial charge in [0.2, 0.25) is 70.9 Å². The molecule has 1 saturated heterocycles. The van der Waals surface area contributed by atoms with Crippen molar-refractivity contribution in [3.63, 3.8) is 0 Å². The van der Waals surface area contributed by atoms with E-state index in [1.54, 1.807) is 54.5 Å². The summed E-state index contributed by atoms with van der Waals surface area (Å²) in [7, 11) is 0. The van der Waals surface area contributed by atoms with Gasteiger partial charge in [-0.05, 0) is 73.2 Å². The van der Waals surface area contributed by atoms with E-state index in [0.29, 0.717) is 0 Å². The summed E-state index contributed by atoms with van der Waals surface area (Å²) in [6.07, 6.45) is -5.99. The third-order valence-corrected chi connectivity index (χ3v) is 14.9. The van der Waals surface area contributed by atoms with Crippen LogP contribution in [0.5, 0.6) is 0 Å². The second-order valence-electron chi connectivity index (χ2n) is 26.5. The van der Waals surface area contributed by atoms with E-state index in [0.717, 1.165) is 6.92 Å². The smallest absolute Gasteiger partial charge is 0.248 e. The number of primary amides is 1. The van der Waals surface area contributed by atoms with Gasteiger partial charge in [-0.1, -0.05) is 120 Å². The largest absolute Gasteiger partial charge is 0.394 e. The Labute approximate surface area is 537 Å². The maximum Gasteiger partial charge on any atom is 0.248 e. The Morgan fingerprint density at radius 2 is 1.16 bits per heavy atom. The predicted octanol–water partition coefficient (Wildman–Crippen LogP) is -4.87. The molecule has 0 bridgehead atoms. The first-order chi connectivity index (χ1) is 42.6. The summed E-state index contributed by atoms with van der Waals surface area (Å²) < 4.78 is 0. The molecule has 0 saturated carbocycles. The Morgan fingerprint density at radius 1 is 0.641 bits per heavy atom. The van der Waals surface area contributed by atoms with E-state index in [1.165, 1.54) is 38.1 Å². The molecule has 1 aliphatic heterocycles. The highest BCUT2D eigenvalue weighted by Gasteiger charge is 2.43. The van der Waals surface area contributed by atoms with Crippen molar-refractivity contribution < 1.29 is 78.0 Å². The zero-order chi connectivity index (χ0) is 70.3. The molecule has 32 nitrogen and oxygen atoms in total. The molecular formula is C60H102N16O16. The third-order valence-electron chi connectivity index (χ3n) is 14.9. The van der Waals surface area contributed by atoms with Crippen LogP contribution in [0.15, 0.2) is 30.3 Å². The minimum absolute atomic E-state index is 0.0173. The van der Waals surface area contributed by atoms with Crippen molar-refractivity contribution in [2.45, 2.75) is 213 Å². The van der Waals surface area contributed by atoms with Gasteiger partial charge in [-0.3, -0.25) is 62.9 Å². The van der Waals surface area contributed by atoms with Gasteiger partial charge in [0.15, 0.2) is 12.1 Å². The van der Waals surface area contributed by atoms with Crippen molar-refractivity contribution in [3.8, 4) is 0 Å². The third kappa shape index (κ3) is 26.6. The molecule has 23 N–H and O–H groups in total. The molecular weight excluding hydrogens is 1200 g/mol. The maximum atomic E-state index is 15.5. The fourth-order valence-corrected chi connectivity index (χ4v) is 9.66. The van der Waals surface area contributed by atoms with Crippen molar-refractivity contribution in [3.05, 3.63) is 35.9 Å². The number of aliphatic hydroxyl groups is 4. The first-order valence-corrected chi connectivity index (χ1v) is 30.8. The summed E-state index contributed by atoms with van der Waals surface area (Å²) in [6, 6.07) is -12.1. The van der Waals surface area contributed by atoms with Crippen molar-refractivity contribution in [1.82, 2.24) is 63.8 Å². The number of amides is 12. The number of benzene rings is 1. The molecule has 1 heterocycles. The number of nitrogens with two attached hydrogens (primary N) is 3. The Balaban J connectivity index is 3.15. The van der Waals surface area contributed by atoms with Crippen LogP contribution in [0.4, 0.5) is 0 Å². The normalized spacial score (nSPS) is 24.7. The molecule has 1 aliphatic rings. The predicted molar refractivity (Wildman–Crippen MR) is 337 cm³/mol. The van der Waals surface area contributed by atoms with Gasteiger partial charge < -0.3 is 101 Å². The molecule has 0 radical (unpaired) electrons. The standard InChI is InChI=1S/C60H102N16O16/c1-14-30(6)39-54(89)73-40(31(7)78)53(88)66-26-38(79)71-44(46(81)47(62)82)57(92)70-37(27-77)52(87)74-41(32-19-16-15-17-20-32)42(75-51(86)36(25-60(11,12)13)69-48(83)33(61)24-59(8,9)10)55(90)76-43(45(80)29(4)5)56(91)68-35(23-28(2)3)50(85)67-34(49(84)72-39)21-18-22-65-58(63)64/h15-17,19-20,28-31,33-37,39-46,77-78,80-81H,14,18,21-27,61H2,1-13H3,(H2,62,82)(H,66,88)(H,67,85)(H,68,91)(H,69,83)(H,70,92)(H,71,79)(H,72,84)(H,73,89)(H,74,87)(H,75,86)(H,76,90)(H4,63,64,65)/t30-,31-,33+,34+,35-,36-,37-,39-,40-,41+,42-,43-,44-,45+,46-/m0/s1. The quantitative estimate of drug-likeness (QED) is 0.0312. The van der Waals surface area contributed by atoms with Crippen molar-refractivity contribution in [2.24, 2.45) is 45.8 Å². The molecule has 0 unspecified atom stereocenters. The molecule has 0 aliphatic carbocycles. The van der Waals surface area contributed by atoms with Crippen LogP contribution in [0.25, 0.3) is 0 Å². The molecule has 15 atom stereocenters. The summed E-state index contributed by atoms with van der Waals surface area (Å²) in [5.41, 5.74) is 16.1. The van der Waals surface area contributed by atoms with Crippen molar-refractivity contribution >= 4 is 76.8 Å². The van der Waals surface area contributed by atoms with Crippen LogP contribution >= 0.6 is 0 Å². The van der Waals surface area contributed by atoms with Crippen LogP contribution in [0.1, 0.15) is 140 Å². The highest BCUT2D eigenvalue weighted by molar-refractivity contribution is 6.00. The number of rotatable bonds is 21. The zero-order valence-corrected chi connectivity index (χ0v) is 55.0. The Hall–Kier alpha value is -8.07. The summed E-state index contributed by atoms with van der Waals surface area (Å²) in [5, 5.41) is 81.3. The second-order valence-corrected chi connectivity index (χ2v) is 26.5. The van der Waals surface area contributed by atoms with Gasteiger partial charge in [0, 0.05) is 6.54 Å². The highest BCUT2D eigenvalue weighted by Crippen LogP contribution is 2.25. The molecule has 1 fully saturated rings. The van der Waals surface area contributed by atoms with Gasteiger partial charge in [0.05, 0.1) is 37.4 Å². The van der Waals surface area contributed by atoms with E-state index in [2.05, 4.69) is 58.5 Å². The highest BCUT2D eigenvalue weighted by atomic mass is 16.3. The number of guanidine groups is 1. The first kappa shape index (κ1) is 80.0. The molecule has 12 amide bonds. The number of nitrogens with one attached hydrogen (secondary N) is 13. The van der Waals surface area contributed by atoms with Gasteiger partial charge in [-0.25, -0.2) is 0 Å². The summed E-state index contributed by atoms with van der Waals surface area (Å²) in [6.45, 7) is 19.3. The van der Waals surface area contributed by atoms with Gasteiger partial charge in [-0.2, -0.15) is 0 Å². The topological polar surface area (TPSA) is 532 Å². The number of hydrogen-bond acceptors (Lipinski definition) is 18. The van der Waals surface area contributed by atoms with E-state index in [4.69, 9.17) is 22.6 Å². The van der Waals surface area contributed by atoms with Crippen LogP contribution in [0.3, 0.4) is 0 Å². The van der Waals surface area contributed by atoms with E-state index in [-0.39, 0.29) is 56.6 Å². The van der Waals surface area contributed by atoms with Gasteiger partial charge in [-0.15, -0.1) is 0 Å². The molecule has 0 aromatic heterocycles. The van der Waals surface area contributed by atoms with Crippen LogP contribution in [0.2, 0.25) is 0 Å². The lowest BCUT2D eigenvalue weighted by molar-refractivity contribution is -0.140. The number of hydrogen-bond donors (Lipinski definition) is 20. The first-order valence-electron chi connectivity index (χ1n) is 30.8. The van der Waals surface area contributed by atoms with Gasteiger partial charge >= 0.3 is 0 Å². The van der Waals surface area contributed by atoms with Crippen molar-refractivity contribution in [1.29, 1.82) is 5.41 Å². The van der Waals surface area contributed by atoms with Gasteiger partial charge in [0.25, 0.3) is 0 Å². The minimum atomic E-state index is -2.56. The molecule has 0 spiro atoms. The second kappa shape index (κ2) is 36.8. The molecule has 1 aromatic rings. The summed E-state index contributed by atoms with van der Waals surface area (Å²) >= 11 is 0. The summed E-state index contributed by atoms with van der Waals surface area (Å²) in [4.78, 5) is 171. The average Bonchev–Trinajstić information content (AvgIpc) is 0.845. The van der Waals surface area contributed by atoms with Crippen LogP contribution in [-0.2, 0) is 57.5 Å². The number of aliphatic hydroxyl groups excluding tert-OH is 4. The lowest BCUT2D eigenvalue weighted by Gasteiger charge is -2.35. The average molecular weight is 1300 g/mol. The van der Waals surface area contributed by atoms with Gasteiger partial charge in [0.1, 0.15) is 54.4 Å². The number of carbonyl (C=O) groups excluding carboxylic acids is 12. The van der Waals surface area contributed by atoms with Crippen molar-refractivity contribution in [2.75, 3.05) is 19.7 Å². The molecule has 2 rings (SSSR count). The van der Waals surface area contributed by atoms with Crippen LogP contribution < -0.4 is 81.0 Å². The maximum absolute atomic E-state index is 15.5. The molecule has 32 heteroatoms. The monoisotopic (exact) mass is 1300 g/mol. The summed E-state index contributed by atoms with van der Waals surface area (Å²) in [5.74, 6) is -16.5. The van der Waals surface area contributed by atoms with E-state index < -0.39 is 197 Å². The van der Waals surface area contributed by atoms with E-state index >= 15 is 4.79 Å². The SMILES string of the molecule is CC[C@H](C)[C@@H]1NC(=O)[C@@H](CCCNC(=N)N)NC(=O)[C@H](CC(C)C)NC(=O)[C@H]([C@H](O)C(C)C)NC(=O)[C@@H](NC(=O)[C@H](CC(C)(C)C)NC(=O)[C@H](N)CC(C)(C)C)[C@@H](c2ccccc2)NC(=O)[C@H](CO)NC(=O)[C@H]([C@H](O)C(N)=O)NC(=O)CNC(=O)[C@H]([C@H](C)O)NC1=O. The Bertz CT molecular complexity index is 2720. The molecule has 1 aromatic carbocycles. The minimum Gasteiger partial charge on any atom is -0.394 e. The molecule has 518 valence electrons. The Kier molecular flexibility index (Phi) is 32.0. The van der Waals surface area contributed by atoms with E-state index in [9.17, 15) is 73.2 Å². The zero-order valence-electron chi connectivity index (χ0n) is 55.0. The fourth-order valence-electron chi connectivity index (χ4n) is 9.66. The Morgan fingerprint density at radius 3 is 1.68 bits per heavy atom.